The molecule has 1 saturated carbocycles. The predicted molar refractivity (Wildman–Crippen MR) is 86.2 cm³/mol. The Morgan fingerprint density at radius 2 is 1.87 bits per heavy atom. The number of aliphatic hydroxyl groups is 1. The van der Waals surface area contributed by atoms with Crippen molar-refractivity contribution in [2.75, 3.05) is 46.1 Å². The molecule has 0 aromatic heterocycles. The van der Waals surface area contributed by atoms with Gasteiger partial charge in [0.1, 0.15) is 0 Å². The van der Waals surface area contributed by atoms with Gasteiger partial charge in [-0.2, -0.15) is 5.26 Å². The van der Waals surface area contributed by atoms with Crippen molar-refractivity contribution in [1.29, 1.82) is 5.26 Å². The van der Waals surface area contributed by atoms with Crippen LogP contribution in [0.25, 0.3) is 0 Å². The van der Waals surface area contributed by atoms with Crippen LogP contribution in [-0.4, -0.2) is 80.0 Å². The third-order valence-electron chi connectivity index (χ3n) is 4.95. The largest absolute Gasteiger partial charge is 0.389 e. The van der Waals surface area contributed by atoms with E-state index >= 15 is 0 Å². The van der Waals surface area contributed by atoms with Gasteiger partial charge in [-0.05, 0) is 32.1 Å². The van der Waals surface area contributed by atoms with Crippen molar-refractivity contribution in [2.24, 2.45) is 0 Å². The lowest BCUT2D eigenvalue weighted by Gasteiger charge is -2.39. The molecule has 1 N–H and O–H groups in total. The first-order valence-electron chi connectivity index (χ1n) is 8.11. The molecule has 0 aromatic carbocycles. The molecule has 0 bridgehead atoms. The van der Waals surface area contributed by atoms with Crippen LogP contribution in [0.1, 0.15) is 32.1 Å². The third kappa shape index (κ3) is 4.64. The number of ether oxygens (including phenoxy) is 1. The molecule has 132 valence electrons. The van der Waals surface area contributed by atoms with Crippen molar-refractivity contribution < 1.29 is 18.3 Å². The van der Waals surface area contributed by atoms with E-state index in [1.807, 2.05) is 0 Å². The second-order valence-electron chi connectivity index (χ2n) is 6.91. The van der Waals surface area contributed by atoms with Crippen LogP contribution in [0.2, 0.25) is 0 Å². The second-order valence-corrected chi connectivity index (χ2v) is 9.10. The molecule has 0 amide bonds. The van der Waals surface area contributed by atoms with Crippen LogP contribution in [0.5, 0.6) is 0 Å². The molecule has 1 heterocycles. The Hall–Kier alpha value is -0.720. The maximum atomic E-state index is 11.9. The summed E-state index contributed by atoms with van der Waals surface area (Å²) in [6, 6.07) is 2.25. The smallest absolute Gasteiger partial charge is 0.216 e. The Balaban J connectivity index is 1.74. The van der Waals surface area contributed by atoms with Crippen LogP contribution in [0, 0.1) is 11.3 Å². The van der Waals surface area contributed by atoms with Crippen molar-refractivity contribution in [3.8, 4) is 6.07 Å². The summed E-state index contributed by atoms with van der Waals surface area (Å²) in [5.41, 5.74) is -1.72. The fourth-order valence-corrected chi connectivity index (χ4v) is 4.19. The molecular formula is C15H27N3O4S. The van der Waals surface area contributed by atoms with E-state index in [1.54, 1.807) is 0 Å². The minimum Gasteiger partial charge on any atom is -0.389 e. The molecule has 7 nitrogen and oxygen atoms in total. The average molecular weight is 345 g/mol. The molecule has 0 unspecified atom stereocenters. The van der Waals surface area contributed by atoms with E-state index in [1.165, 1.54) is 14.1 Å². The standard InChI is InChI=1S/C15H27N3O4S/c1-17(2)23(20,21)13-14(19)6-8-18(9-7-14)10-11-22-15(12-16)4-3-5-15/h19H,3-11,13H2,1-2H3. The molecule has 0 atom stereocenters. The normalized spacial score (nSPS) is 24.1. The number of nitrogens with zero attached hydrogens (tertiary/aromatic N) is 3. The molecule has 1 saturated heterocycles. The molecule has 0 radical (unpaired) electrons. The van der Waals surface area contributed by atoms with Gasteiger partial charge in [-0.15, -0.1) is 0 Å². The van der Waals surface area contributed by atoms with E-state index in [2.05, 4.69) is 11.0 Å². The van der Waals surface area contributed by atoms with E-state index in [9.17, 15) is 13.5 Å². The summed E-state index contributed by atoms with van der Waals surface area (Å²) in [6.45, 7) is 2.49. The van der Waals surface area contributed by atoms with E-state index in [0.717, 1.165) is 23.6 Å². The van der Waals surface area contributed by atoms with Crippen LogP contribution in [0.3, 0.4) is 0 Å². The maximum Gasteiger partial charge on any atom is 0.216 e. The molecule has 2 rings (SSSR count). The van der Waals surface area contributed by atoms with Crippen molar-refractivity contribution in [3.05, 3.63) is 0 Å². The summed E-state index contributed by atoms with van der Waals surface area (Å²) in [4.78, 5) is 2.15. The zero-order valence-electron chi connectivity index (χ0n) is 14.0. The van der Waals surface area contributed by atoms with Crippen molar-refractivity contribution in [2.45, 2.75) is 43.3 Å². The number of piperidine rings is 1. The highest BCUT2D eigenvalue weighted by molar-refractivity contribution is 7.89. The summed E-state index contributed by atoms with van der Waals surface area (Å²) in [5, 5.41) is 19.6. The van der Waals surface area contributed by atoms with Gasteiger partial charge in [-0.1, -0.05) is 0 Å². The van der Waals surface area contributed by atoms with Gasteiger partial charge in [0.2, 0.25) is 10.0 Å². The molecule has 1 aliphatic carbocycles. The molecule has 0 spiro atoms. The van der Waals surface area contributed by atoms with Crippen molar-refractivity contribution in [1.82, 2.24) is 9.21 Å². The average Bonchev–Trinajstić information content (AvgIpc) is 2.43. The predicted octanol–water partition coefficient (Wildman–Crippen LogP) is 0.168. The number of hydrogen-bond donors (Lipinski definition) is 1. The summed E-state index contributed by atoms with van der Waals surface area (Å²) in [6.07, 6.45) is 3.54. The molecule has 23 heavy (non-hydrogen) atoms. The molecule has 0 aromatic rings. The minimum atomic E-state index is -3.41. The first-order valence-corrected chi connectivity index (χ1v) is 9.71. The highest BCUT2D eigenvalue weighted by atomic mass is 32.2. The van der Waals surface area contributed by atoms with E-state index in [-0.39, 0.29) is 5.75 Å². The Morgan fingerprint density at radius 3 is 2.30 bits per heavy atom. The van der Waals surface area contributed by atoms with E-state index in [4.69, 9.17) is 10.00 Å². The van der Waals surface area contributed by atoms with Gasteiger partial charge in [0.15, 0.2) is 5.60 Å². The highest BCUT2D eigenvalue weighted by Crippen LogP contribution is 2.34. The van der Waals surface area contributed by atoms with Gasteiger partial charge >= 0.3 is 0 Å². The summed E-state index contributed by atoms with van der Waals surface area (Å²) in [7, 11) is -0.440. The second kappa shape index (κ2) is 7.03. The number of likely N-dealkylation sites (tertiary alicyclic amines) is 1. The Bertz CT molecular complexity index is 544. The van der Waals surface area contributed by atoms with E-state index < -0.39 is 21.2 Å². The molecular weight excluding hydrogens is 318 g/mol. The number of sulfonamides is 1. The molecule has 2 fully saturated rings. The van der Waals surface area contributed by atoms with Gasteiger partial charge in [-0.3, -0.25) is 0 Å². The van der Waals surface area contributed by atoms with Crippen molar-refractivity contribution >= 4 is 10.0 Å². The minimum absolute atomic E-state index is 0.227. The first kappa shape index (κ1) is 18.6. The fraction of sp³-hybridized carbons (Fsp3) is 0.933. The quantitative estimate of drug-likeness (QED) is 0.707. The zero-order valence-corrected chi connectivity index (χ0v) is 14.8. The lowest BCUT2D eigenvalue weighted by atomic mass is 9.81. The van der Waals surface area contributed by atoms with Crippen LogP contribution < -0.4 is 0 Å². The summed E-state index contributed by atoms with van der Waals surface area (Å²) < 4.78 is 30.8. The molecule has 2 aliphatic rings. The van der Waals surface area contributed by atoms with Gasteiger partial charge in [0.05, 0.1) is 24.0 Å². The van der Waals surface area contributed by atoms with Crippen LogP contribution >= 0.6 is 0 Å². The molecule has 1 aliphatic heterocycles. The lowest BCUT2D eigenvalue weighted by molar-refractivity contribution is -0.0694. The Kier molecular flexibility index (Phi) is 5.69. The third-order valence-corrected chi connectivity index (χ3v) is 6.96. The van der Waals surface area contributed by atoms with Crippen molar-refractivity contribution in [3.63, 3.8) is 0 Å². The number of rotatable bonds is 7. The summed E-state index contributed by atoms with van der Waals surface area (Å²) in [5.74, 6) is -0.227. The van der Waals surface area contributed by atoms with E-state index in [0.29, 0.717) is 39.1 Å². The topological polar surface area (TPSA) is 93.9 Å². The van der Waals surface area contributed by atoms with Crippen LogP contribution in [-0.2, 0) is 14.8 Å². The van der Waals surface area contributed by atoms with Crippen LogP contribution in [0.15, 0.2) is 0 Å². The van der Waals surface area contributed by atoms with Gasteiger partial charge < -0.3 is 14.7 Å². The number of nitriles is 1. The van der Waals surface area contributed by atoms with Gasteiger partial charge in [0, 0.05) is 33.7 Å². The fourth-order valence-electron chi connectivity index (χ4n) is 2.96. The Labute approximate surface area is 138 Å². The highest BCUT2D eigenvalue weighted by Gasteiger charge is 2.39. The van der Waals surface area contributed by atoms with Gasteiger partial charge in [-0.25, -0.2) is 12.7 Å². The number of hydrogen-bond acceptors (Lipinski definition) is 6. The van der Waals surface area contributed by atoms with Crippen LogP contribution in [0.4, 0.5) is 0 Å². The first-order chi connectivity index (χ1) is 10.7. The zero-order chi connectivity index (χ0) is 17.1. The maximum absolute atomic E-state index is 11.9. The SMILES string of the molecule is CN(C)S(=O)(=O)CC1(O)CCN(CCOC2(C#N)CCC2)CC1. The molecule has 8 heteroatoms. The summed E-state index contributed by atoms with van der Waals surface area (Å²) >= 11 is 0. The Morgan fingerprint density at radius 1 is 1.26 bits per heavy atom. The lowest BCUT2D eigenvalue weighted by Crippen LogP contribution is -2.50. The monoisotopic (exact) mass is 345 g/mol. The van der Waals surface area contributed by atoms with Gasteiger partial charge in [0.25, 0.3) is 0 Å².